The first-order valence-electron chi connectivity index (χ1n) is 12.4. The zero-order chi connectivity index (χ0) is 25.7. The number of hydrogen-bond acceptors (Lipinski definition) is 4. The zero-order valence-electron chi connectivity index (χ0n) is 21.3. The van der Waals surface area contributed by atoms with Gasteiger partial charge >= 0.3 is 0 Å². The SMILES string of the molecule is Cc1cc(C)c(S(=O)(=O)N[C@@H](Cc2ccccc2)C(=O)N2CCN(Cc3ccccc3)CC2)c(C)c1. The molecular weight excluding hydrogens is 470 g/mol. The molecule has 1 fully saturated rings. The quantitative estimate of drug-likeness (QED) is 0.505. The van der Waals surface area contributed by atoms with Crippen LogP contribution in [0.1, 0.15) is 27.8 Å². The van der Waals surface area contributed by atoms with E-state index in [4.69, 9.17) is 0 Å². The largest absolute Gasteiger partial charge is 0.339 e. The lowest BCUT2D eigenvalue weighted by molar-refractivity contribution is -0.134. The third kappa shape index (κ3) is 6.40. The Bertz CT molecular complexity index is 1260. The molecule has 0 bridgehead atoms. The first kappa shape index (κ1) is 26.1. The number of piperazine rings is 1. The number of aryl methyl sites for hydroxylation is 3. The number of nitrogens with one attached hydrogen (secondary N) is 1. The maximum atomic E-state index is 13.7. The minimum atomic E-state index is -3.90. The van der Waals surface area contributed by atoms with Crippen LogP contribution in [0.15, 0.2) is 77.7 Å². The summed E-state index contributed by atoms with van der Waals surface area (Å²) in [6.07, 6.45) is 0.299. The van der Waals surface area contributed by atoms with Gasteiger partial charge in [0.05, 0.1) is 4.90 Å². The van der Waals surface area contributed by atoms with Crippen molar-refractivity contribution in [2.45, 2.75) is 44.7 Å². The van der Waals surface area contributed by atoms with Gasteiger partial charge in [0.15, 0.2) is 0 Å². The highest BCUT2D eigenvalue weighted by atomic mass is 32.2. The molecule has 36 heavy (non-hydrogen) atoms. The van der Waals surface area contributed by atoms with E-state index in [1.54, 1.807) is 18.7 Å². The van der Waals surface area contributed by atoms with Crippen molar-refractivity contribution >= 4 is 15.9 Å². The molecule has 1 aliphatic rings. The summed E-state index contributed by atoms with van der Waals surface area (Å²) in [6.45, 7) is 9.03. The van der Waals surface area contributed by atoms with Crippen molar-refractivity contribution in [2.24, 2.45) is 0 Å². The topological polar surface area (TPSA) is 69.7 Å². The molecule has 4 rings (SSSR count). The Morgan fingerprint density at radius 1 is 0.833 bits per heavy atom. The van der Waals surface area contributed by atoms with Crippen LogP contribution < -0.4 is 4.72 Å². The van der Waals surface area contributed by atoms with Crippen molar-refractivity contribution in [3.8, 4) is 0 Å². The summed E-state index contributed by atoms with van der Waals surface area (Å²) in [4.78, 5) is 18.1. The fourth-order valence-electron chi connectivity index (χ4n) is 5.05. The van der Waals surface area contributed by atoms with Crippen molar-refractivity contribution in [1.82, 2.24) is 14.5 Å². The van der Waals surface area contributed by atoms with Crippen molar-refractivity contribution in [1.29, 1.82) is 0 Å². The van der Waals surface area contributed by atoms with E-state index >= 15 is 0 Å². The molecular formula is C29H35N3O3S. The summed E-state index contributed by atoms with van der Waals surface area (Å²) in [5, 5.41) is 0. The van der Waals surface area contributed by atoms with Gasteiger partial charge in [-0.15, -0.1) is 0 Å². The van der Waals surface area contributed by atoms with Crippen LogP contribution in [-0.2, 0) is 27.8 Å². The number of hydrogen-bond donors (Lipinski definition) is 1. The summed E-state index contributed by atoms with van der Waals surface area (Å²) in [6, 6.07) is 22.7. The Morgan fingerprint density at radius 2 is 1.36 bits per heavy atom. The van der Waals surface area contributed by atoms with E-state index < -0.39 is 16.1 Å². The molecule has 0 aromatic heterocycles. The maximum absolute atomic E-state index is 13.7. The van der Waals surface area contributed by atoms with Crippen molar-refractivity contribution in [2.75, 3.05) is 26.2 Å². The Balaban J connectivity index is 1.51. The average Bonchev–Trinajstić information content (AvgIpc) is 2.84. The number of carbonyl (C=O) groups is 1. The number of rotatable bonds is 8. The van der Waals surface area contributed by atoms with Gasteiger partial charge in [0.1, 0.15) is 6.04 Å². The molecule has 3 aromatic rings. The highest BCUT2D eigenvalue weighted by molar-refractivity contribution is 7.89. The average molecular weight is 506 g/mol. The summed E-state index contributed by atoms with van der Waals surface area (Å²) >= 11 is 0. The first-order valence-corrected chi connectivity index (χ1v) is 13.9. The second-order valence-electron chi connectivity index (χ2n) is 9.68. The standard InChI is InChI=1S/C29H35N3O3S/c1-22-18-23(2)28(24(3)19-22)36(34,35)30-27(20-25-10-6-4-7-11-25)29(33)32-16-14-31(15-17-32)21-26-12-8-5-9-13-26/h4-13,18-19,27,30H,14-17,20-21H2,1-3H3/t27-/m0/s1. The van der Waals surface area contributed by atoms with Gasteiger partial charge < -0.3 is 4.90 Å². The molecule has 6 nitrogen and oxygen atoms in total. The molecule has 3 aromatic carbocycles. The van der Waals surface area contributed by atoms with Crippen LogP contribution in [0, 0.1) is 20.8 Å². The molecule has 1 aliphatic heterocycles. The molecule has 1 saturated heterocycles. The van der Waals surface area contributed by atoms with E-state index in [-0.39, 0.29) is 10.8 Å². The fourth-order valence-corrected chi connectivity index (χ4v) is 6.70. The molecule has 0 spiro atoms. The highest BCUT2D eigenvalue weighted by Gasteiger charge is 2.32. The maximum Gasteiger partial charge on any atom is 0.241 e. The van der Waals surface area contributed by atoms with Crippen LogP contribution in [0.5, 0.6) is 0 Å². The van der Waals surface area contributed by atoms with Gasteiger partial charge in [-0.25, -0.2) is 8.42 Å². The molecule has 0 saturated carbocycles. The normalized spacial score (nSPS) is 15.6. The molecule has 7 heteroatoms. The third-order valence-corrected chi connectivity index (χ3v) is 8.46. The number of benzene rings is 3. The third-order valence-electron chi connectivity index (χ3n) is 6.68. The molecule has 1 heterocycles. The summed E-state index contributed by atoms with van der Waals surface area (Å²) in [7, 11) is -3.90. The number of carbonyl (C=O) groups excluding carboxylic acids is 1. The highest BCUT2D eigenvalue weighted by Crippen LogP contribution is 2.23. The summed E-state index contributed by atoms with van der Waals surface area (Å²) in [5.74, 6) is -0.177. The Kier molecular flexibility index (Phi) is 8.24. The van der Waals surface area contributed by atoms with E-state index in [2.05, 4.69) is 21.8 Å². The van der Waals surface area contributed by atoms with Gasteiger partial charge in [0, 0.05) is 32.7 Å². The minimum Gasteiger partial charge on any atom is -0.339 e. The number of sulfonamides is 1. The lowest BCUT2D eigenvalue weighted by Gasteiger charge is -2.36. The van der Waals surface area contributed by atoms with Crippen molar-refractivity contribution in [3.05, 3.63) is 101 Å². The number of amides is 1. The van der Waals surface area contributed by atoms with Gasteiger partial charge in [0.2, 0.25) is 15.9 Å². The minimum absolute atomic E-state index is 0.177. The van der Waals surface area contributed by atoms with Crippen LogP contribution in [0.2, 0.25) is 0 Å². The van der Waals surface area contributed by atoms with Crippen LogP contribution in [-0.4, -0.2) is 56.3 Å². The molecule has 1 N–H and O–H groups in total. The predicted molar refractivity (Wildman–Crippen MR) is 143 cm³/mol. The van der Waals surface area contributed by atoms with E-state index in [1.165, 1.54) is 5.56 Å². The van der Waals surface area contributed by atoms with Crippen molar-refractivity contribution in [3.63, 3.8) is 0 Å². The first-order chi connectivity index (χ1) is 17.2. The predicted octanol–water partition coefficient (Wildman–Crippen LogP) is 3.85. The molecule has 0 unspecified atom stereocenters. The Labute approximate surface area is 215 Å². The molecule has 0 aliphatic carbocycles. The second-order valence-corrected chi connectivity index (χ2v) is 11.3. The molecule has 0 radical (unpaired) electrons. The van der Waals surface area contributed by atoms with Gasteiger partial charge in [-0.3, -0.25) is 9.69 Å². The monoisotopic (exact) mass is 505 g/mol. The smallest absolute Gasteiger partial charge is 0.241 e. The fraction of sp³-hybridized carbons (Fsp3) is 0.345. The molecule has 1 amide bonds. The Morgan fingerprint density at radius 3 is 1.92 bits per heavy atom. The van der Waals surface area contributed by atoms with Crippen LogP contribution in [0.25, 0.3) is 0 Å². The van der Waals surface area contributed by atoms with Crippen LogP contribution in [0.4, 0.5) is 0 Å². The van der Waals surface area contributed by atoms with Crippen LogP contribution >= 0.6 is 0 Å². The van der Waals surface area contributed by atoms with Crippen molar-refractivity contribution < 1.29 is 13.2 Å². The van der Waals surface area contributed by atoms with E-state index in [1.807, 2.05) is 67.6 Å². The number of nitrogens with zero attached hydrogens (tertiary/aromatic N) is 2. The lowest BCUT2D eigenvalue weighted by Crippen LogP contribution is -2.55. The van der Waals surface area contributed by atoms with E-state index in [0.29, 0.717) is 30.6 Å². The Hall–Kier alpha value is -3.00. The van der Waals surface area contributed by atoms with Gasteiger partial charge in [-0.05, 0) is 49.4 Å². The zero-order valence-corrected chi connectivity index (χ0v) is 22.1. The summed E-state index contributed by atoms with van der Waals surface area (Å²) < 4.78 is 29.9. The summed E-state index contributed by atoms with van der Waals surface area (Å²) in [5.41, 5.74) is 4.53. The van der Waals surface area contributed by atoms with Gasteiger partial charge in [-0.1, -0.05) is 78.4 Å². The molecule has 1 atom stereocenters. The van der Waals surface area contributed by atoms with Crippen LogP contribution in [0.3, 0.4) is 0 Å². The van der Waals surface area contributed by atoms with Gasteiger partial charge in [0.25, 0.3) is 0 Å². The molecule has 190 valence electrons. The lowest BCUT2D eigenvalue weighted by atomic mass is 10.1. The van der Waals surface area contributed by atoms with Gasteiger partial charge in [-0.2, -0.15) is 4.72 Å². The van der Waals surface area contributed by atoms with E-state index in [9.17, 15) is 13.2 Å². The second kappa shape index (κ2) is 11.4. The van der Waals surface area contributed by atoms with E-state index in [0.717, 1.165) is 30.8 Å².